The summed E-state index contributed by atoms with van der Waals surface area (Å²) in [5.74, 6) is 0. The van der Waals surface area contributed by atoms with Crippen LogP contribution >= 0.6 is 0 Å². The van der Waals surface area contributed by atoms with Gasteiger partial charge >= 0.3 is 0 Å². The van der Waals surface area contributed by atoms with Crippen LogP contribution in [0.2, 0.25) is 0 Å². The molecule has 2 atom stereocenters. The highest BCUT2D eigenvalue weighted by Crippen LogP contribution is 2.54. The molecule has 7 rings (SSSR count). The summed E-state index contributed by atoms with van der Waals surface area (Å²) in [6.45, 7) is 4.76. The van der Waals surface area contributed by atoms with Crippen molar-refractivity contribution in [1.82, 2.24) is 0 Å². The van der Waals surface area contributed by atoms with E-state index in [4.69, 9.17) is 0 Å². The number of rotatable bonds is 2. The van der Waals surface area contributed by atoms with Crippen LogP contribution in [-0.2, 0) is 0 Å². The topological polar surface area (TPSA) is 0 Å². The molecule has 1 heterocycles. The molecule has 0 nitrogen and oxygen atoms in total. The molecule has 0 radical (unpaired) electrons. The van der Waals surface area contributed by atoms with Gasteiger partial charge in [0.05, 0.1) is 0 Å². The van der Waals surface area contributed by atoms with E-state index in [1.807, 2.05) is 0 Å². The molecule has 2 aliphatic carbocycles. The Hall–Kier alpha value is -3.42. The minimum absolute atomic E-state index is 0.429. The minimum Gasteiger partial charge on any atom is -0.0672 e. The molecule has 0 aromatic heterocycles. The average Bonchev–Trinajstić information content (AvgIpc) is 3.46. The fourth-order valence-electron chi connectivity index (χ4n) is 7.26. The molecule has 0 saturated heterocycles. The highest BCUT2D eigenvalue weighted by Gasteiger charge is 2.59. The molecule has 3 aliphatic rings. The number of allylic oxidation sites excluding steroid dienone is 2. The Bertz CT molecular complexity index is 1390. The lowest BCUT2D eigenvalue weighted by molar-refractivity contribution is 0.994. The van der Waals surface area contributed by atoms with Gasteiger partial charge in [-0.25, -0.2) is 0 Å². The van der Waals surface area contributed by atoms with Gasteiger partial charge in [0, 0.05) is 11.1 Å². The zero-order valence-electron chi connectivity index (χ0n) is 19.0. The Morgan fingerprint density at radius 1 is 0.485 bits per heavy atom. The van der Waals surface area contributed by atoms with Crippen molar-refractivity contribution in [3.8, 4) is 11.1 Å². The van der Waals surface area contributed by atoms with Crippen LogP contribution in [0.15, 0.2) is 108 Å². The monoisotopic (exact) mass is 438 g/mol. The summed E-state index contributed by atoms with van der Waals surface area (Å²) in [6, 6.07) is 36.9. The summed E-state index contributed by atoms with van der Waals surface area (Å²) in [5, 5.41) is 3.21. The van der Waals surface area contributed by atoms with Gasteiger partial charge in [-0.2, -0.15) is 0 Å². The fraction of sp³-hybridized carbons (Fsp3) is 0.125. The lowest BCUT2D eigenvalue weighted by Gasteiger charge is -2.43. The molecule has 2 unspecified atom stereocenters. The van der Waals surface area contributed by atoms with Crippen molar-refractivity contribution >= 4 is 30.6 Å². The van der Waals surface area contributed by atoms with E-state index in [0.717, 1.165) is 0 Å². The number of fused-ring (bicyclic) bond motifs is 5. The van der Waals surface area contributed by atoms with Gasteiger partial charge in [0.1, 0.15) is 8.07 Å². The standard InChI is InChI=1S/C32H26Si/c1-21-19-23-11-3-5-13-25(23)31(21)33(32-22(2)20-24-12-4-6-14-26(24)32)29-17-9-7-15-27(29)28-16-8-10-18-30(28)33/h3-20,31-32H,1-2H3. The van der Waals surface area contributed by atoms with Crippen molar-refractivity contribution in [1.29, 1.82) is 0 Å². The van der Waals surface area contributed by atoms with Crippen LogP contribution in [0.4, 0.5) is 0 Å². The largest absolute Gasteiger partial charge is 0.142 e. The highest BCUT2D eigenvalue weighted by molar-refractivity contribution is 7.08. The smallest absolute Gasteiger partial charge is 0.0672 e. The summed E-state index contributed by atoms with van der Waals surface area (Å²) in [4.78, 5) is 0. The maximum absolute atomic E-state index is 2.46. The molecular weight excluding hydrogens is 412 g/mol. The van der Waals surface area contributed by atoms with Gasteiger partial charge in [-0.05, 0) is 57.6 Å². The first kappa shape index (κ1) is 19.1. The number of hydrogen-bond acceptors (Lipinski definition) is 0. The molecule has 1 aliphatic heterocycles. The first-order chi connectivity index (χ1) is 16.2. The van der Waals surface area contributed by atoms with Crippen LogP contribution in [0.3, 0.4) is 0 Å². The Balaban J connectivity index is 1.65. The second-order valence-electron chi connectivity index (χ2n) is 9.86. The third-order valence-electron chi connectivity index (χ3n) is 8.24. The maximum atomic E-state index is 2.46. The van der Waals surface area contributed by atoms with Crippen LogP contribution in [-0.4, -0.2) is 8.07 Å². The van der Waals surface area contributed by atoms with Crippen LogP contribution in [0.25, 0.3) is 23.3 Å². The Labute approximate surface area is 197 Å². The summed E-state index contributed by atoms with van der Waals surface area (Å²) in [7, 11) is -2.37. The van der Waals surface area contributed by atoms with Gasteiger partial charge in [0.15, 0.2) is 0 Å². The molecule has 0 fully saturated rings. The second-order valence-corrected chi connectivity index (χ2v) is 13.8. The van der Waals surface area contributed by atoms with E-state index in [1.165, 1.54) is 44.5 Å². The molecule has 1 heteroatoms. The lowest BCUT2D eigenvalue weighted by Crippen LogP contribution is -2.64. The summed E-state index contributed by atoms with van der Waals surface area (Å²) in [6.07, 6.45) is 4.91. The molecule has 0 N–H and O–H groups in total. The highest BCUT2D eigenvalue weighted by atomic mass is 28.3. The van der Waals surface area contributed by atoms with Crippen molar-refractivity contribution in [2.75, 3.05) is 0 Å². The predicted molar refractivity (Wildman–Crippen MR) is 143 cm³/mol. The van der Waals surface area contributed by atoms with E-state index >= 15 is 0 Å². The van der Waals surface area contributed by atoms with Gasteiger partial charge in [-0.1, -0.05) is 120 Å². The van der Waals surface area contributed by atoms with Gasteiger partial charge in [0.2, 0.25) is 0 Å². The maximum Gasteiger partial charge on any atom is 0.142 e. The zero-order valence-corrected chi connectivity index (χ0v) is 20.0. The normalized spacial score (nSPS) is 21.0. The third-order valence-corrected chi connectivity index (χ3v) is 14.2. The number of hydrogen-bond donors (Lipinski definition) is 0. The first-order valence-electron chi connectivity index (χ1n) is 11.9. The van der Waals surface area contributed by atoms with Crippen molar-refractivity contribution in [2.45, 2.75) is 24.9 Å². The summed E-state index contributed by atoms with van der Waals surface area (Å²) >= 11 is 0. The van der Waals surface area contributed by atoms with Gasteiger partial charge in [-0.3, -0.25) is 0 Å². The fourth-order valence-corrected chi connectivity index (χ4v) is 14.3. The van der Waals surface area contributed by atoms with E-state index < -0.39 is 8.07 Å². The average molecular weight is 439 g/mol. The van der Waals surface area contributed by atoms with Gasteiger partial charge < -0.3 is 0 Å². The van der Waals surface area contributed by atoms with Gasteiger partial charge in [-0.15, -0.1) is 0 Å². The molecule has 0 spiro atoms. The summed E-state index contributed by atoms with van der Waals surface area (Å²) in [5.41, 5.74) is 12.6. The van der Waals surface area contributed by atoms with E-state index in [-0.39, 0.29) is 0 Å². The zero-order chi connectivity index (χ0) is 22.2. The molecule has 33 heavy (non-hydrogen) atoms. The predicted octanol–water partition coefficient (Wildman–Crippen LogP) is 6.71. The molecule has 0 amide bonds. The van der Waals surface area contributed by atoms with Crippen molar-refractivity contribution in [3.63, 3.8) is 0 Å². The van der Waals surface area contributed by atoms with E-state index in [9.17, 15) is 0 Å². The SMILES string of the molecule is CC1=Cc2ccccc2C1[Si]1(C2C(C)=Cc3ccccc32)c2ccccc2-c2ccccc21. The third kappa shape index (κ3) is 2.36. The molecule has 0 saturated carbocycles. The number of benzene rings is 4. The van der Waals surface area contributed by atoms with Crippen molar-refractivity contribution < 1.29 is 0 Å². The Morgan fingerprint density at radius 2 is 0.879 bits per heavy atom. The summed E-state index contributed by atoms with van der Waals surface area (Å²) < 4.78 is 0. The van der Waals surface area contributed by atoms with Crippen LogP contribution < -0.4 is 10.4 Å². The Morgan fingerprint density at radius 3 is 1.36 bits per heavy atom. The molecule has 0 bridgehead atoms. The minimum atomic E-state index is -2.37. The van der Waals surface area contributed by atoms with Gasteiger partial charge in [0.25, 0.3) is 0 Å². The molecule has 4 aromatic rings. The molecule has 158 valence electrons. The Kier molecular flexibility index (Phi) is 3.93. The lowest BCUT2D eigenvalue weighted by atomic mass is 10.1. The first-order valence-corrected chi connectivity index (χ1v) is 14.1. The van der Waals surface area contributed by atoms with E-state index in [1.54, 1.807) is 10.4 Å². The molecular formula is C32H26Si. The van der Waals surface area contributed by atoms with E-state index in [2.05, 4.69) is 123 Å². The molecule has 4 aromatic carbocycles. The quantitative estimate of drug-likeness (QED) is 0.305. The van der Waals surface area contributed by atoms with Crippen LogP contribution in [0.1, 0.15) is 47.2 Å². The second kappa shape index (κ2) is 6.79. The van der Waals surface area contributed by atoms with Crippen molar-refractivity contribution in [2.24, 2.45) is 0 Å². The van der Waals surface area contributed by atoms with E-state index in [0.29, 0.717) is 11.1 Å². The van der Waals surface area contributed by atoms with Crippen LogP contribution in [0, 0.1) is 0 Å². The van der Waals surface area contributed by atoms with Crippen LogP contribution in [0.5, 0.6) is 0 Å². The van der Waals surface area contributed by atoms with Crippen molar-refractivity contribution in [3.05, 3.63) is 130 Å².